The molecule has 0 aromatic rings. The predicted molar refractivity (Wildman–Crippen MR) is 49.6 cm³/mol. The average molecular weight is 200 g/mol. The number of carbonyl (C=O) groups is 1. The second kappa shape index (κ2) is 4.95. The largest absolute Gasteiger partial charge is 0.298 e. The van der Waals surface area contributed by atoms with Crippen LogP contribution in [0.2, 0.25) is 0 Å². The summed E-state index contributed by atoms with van der Waals surface area (Å²) in [6.45, 7) is 0.214. The van der Waals surface area contributed by atoms with Crippen molar-refractivity contribution < 1.29 is 9.59 Å². The number of hydrogen-bond donors (Lipinski definition) is 0. The summed E-state index contributed by atoms with van der Waals surface area (Å²) in [6.07, 6.45) is 4.78. The lowest BCUT2D eigenvalue weighted by Crippen LogP contribution is -2.15. The van der Waals surface area contributed by atoms with Gasteiger partial charge in [-0.05, 0) is 30.4 Å². The quantitative estimate of drug-likeness (QED) is 0.300. The van der Waals surface area contributed by atoms with E-state index in [-0.39, 0.29) is 11.9 Å². The third-order valence-corrected chi connectivity index (χ3v) is 2.63. The molecule has 1 atom stereocenters. The molecule has 0 aromatic heterocycles. The van der Waals surface area contributed by atoms with Gasteiger partial charge in [-0.3, -0.25) is 4.79 Å². The molecule has 0 aromatic carbocycles. The molecule has 0 spiro atoms. The van der Waals surface area contributed by atoms with E-state index >= 15 is 0 Å². The molecule has 0 fully saturated rings. The van der Waals surface area contributed by atoms with Gasteiger partial charge in [-0.1, -0.05) is 0 Å². The maximum Gasteiger partial charge on any atom is 0.235 e. The number of halogens is 1. The molecule has 3 nitrogen and oxygen atoms in total. The van der Waals surface area contributed by atoms with Gasteiger partial charge in [-0.25, -0.2) is 9.79 Å². The number of aldehydes is 1. The molecule has 0 bridgehead atoms. The molecular weight excluding hydrogens is 190 g/mol. The Balaban J connectivity index is 2.86. The lowest BCUT2D eigenvalue weighted by atomic mass is 9.92. The zero-order valence-electron chi connectivity index (χ0n) is 7.12. The van der Waals surface area contributed by atoms with Crippen LogP contribution in [-0.2, 0) is 9.59 Å². The Hall–Kier alpha value is -0.920. The van der Waals surface area contributed by atoms with E-state index in [4.69, 9.17) is 11.6 Å². The number of rotatable bonds is 3. The van der Waals surface area contributed by atoms with Crippen molar-refractivity contribution in [1.82, 2.24) is 0 Å². The van der Waals surface area contributed by atoms with E-state index in [0.29, 0.717) is 5.57 Å². The minimum atomic E-state index is -0.147. The van der Waals surface area contributed by atoms with E-state index in [1.165, 1.54) is 6.08 Å². The van der Waals surface area contributed by atoms with Crippen molar-refractivity contribution in [2.24, 2.45) is 4.99 Å². The maximum absolute atomic E-state index is 10.6. The highest BCUT2D eigenvalue weighted by Crippen LogP contribution is 2.27. The Morgan fingerprint density at radius 1 is 1.69 bits per heavy atom. The van der Waals surface area contributed by atoms with Crippen LogP contribution in [0.15, 0.2) is 16.1 Å². The van der Waals surface area contributed by atoms with Gasteiger partial charge in [0.1, 0.15) is 6.29 Å². The van der Waals surface area contributed by atoms with Gasteiger partial charge in [0.25, 0.3) is 0 Å². The molecule has 1 aliphatic rings. The summed E-state index contributed by atoms with van der Waals surface area (Å²) in [4.78, 5) is 24.0. The van der Waals surface area contributed by atoms with Crippen molar-refractivity contribution in [2.45, 2.75) is 24.6 Å². The molecule has 1 aliphatic carbocycles. The summed E-state index contributed by atoms with van der Waals surface area (Å²) in [5.74, 6) is 0. The lowest BCUT2D eigenvalue weighted by molar-refractivity contribution is -0.105. The molecule has 4 heteroatoms. The first kappa shape index (κ1) is 10.2. The van der Waals surface area contributed by atoms with Gasteiger partial charge in [0, 0.05) is 0 Å². The second-order valence-electron chi connectivity index (χ2n) is 2.94. The Bertz CT molecular complexity index is 279. The Kier molecular flexibility index (Phi) is 3.87. The Labute approximate surface area is 81.5 Å². The second-order valence-corrected chi connectivity index (χ2v) is 3.46. The fraction of sp³-hybridized carbons (Fsp3) is 0.556. The number of carbonyl (C=O) groups excluding carboxylic acids is 2. The molecule has 0 N–H and O–H groups in total. The average Bonchev–Trinajstić information content (AvgIpc) is 2.15. The number of isocyanates is 1. The van der Waals surface area contributed by atoms with Crippen LogP contribution >= 0.6 is 11.6 Å². The van der Waals surface area contributed by atoms with E-state index < -0.39 is 0 Å². The highest BCUT2D eigenvalue weighted by Gasteiger charge is 2.20. The maximum atomic E-state index is 10.6. The SMILES string of the molecule is O=C=NCC1=C(C=O)CCCC1Cl. The highest BCUT2D eigenvalue weighted by molar-refractivity contribution is 6.22. The third-order valence-electron chi connectivity index (χ3n) is 2.15. The molecule has 0 aliphatic heterocycles. The van der Waals surface area contributed by atoms with Crippen LogP contribution in [0.4, 0.5) is 0 Å². The van der Waals surface area contributed by atoms with E-state index in [1.807, 2.05) is 0 Å². The normalized spacial score (nSPS) is 22.4. The van der Waals surface area contributed by atoms with Gasteiger partial charge < -0.3 is 0 Å². The fourth-order valence-electron chi connectivity index (χ4n) is 1.46. The first-order valence-corrected chi connectivity index (χ1v) is 4.58. The fourth-order valence-corrected chi connectivity index (χ4v) is 1.82. The first-order valence-electron chi connectivity index (χ1n) is 4.14. The molecular formula is C9H10ClNO2. The summed E-state index contributed by atoms with van der Waals surface area (Å²) in [5, 5.41) is -0.147. The van der Waals surface area contributed by atoms with Crippen LogP contribution < -0.4 is 0 Å². The van der Waals surface area contributed by atoms with Gasteiger partial charge in [0.05, 0.1) is 11.9 Å². The monoisotopic (exact) mass is 199 g/mol. The van der Waals surface area contributed by atoms with E-state index in [9.17, 15) is 9.59 Å². The van der Waals surface area contributed by atoms with Crippen molar-refractivity contribution in [2.75, 3.05) is 6.54 Å². The number of nitrogens with zero attached hydrogens (tertiary/aromatic N) is 1. The van der Waals surface area contributed by atoms with Crippen LogP contribution in [0.3, 0.4) is 0 Å². The van der Waals surface area contributed by atoms with Crippen molar-refractivity contribution >= 4 is 24.0 Å². The van der Waals surface area contributed by atoms with Gasteiger partial charge >= 0.3 is 0 Å². The van der Waals surface area contributed by atoms with Gasteiger partial charge in [-0.2, -0.15) is 0 Å². The lowest BCUT2D eigenvalue weighted by Gasteiger charge is -2.19. The third kappa shape index (κ3) is 2.51. The summed E-state index contributed by atoms with van der Waals surface area (Å²) in [6, 6.07) is 0. The molecule has 0 radical (unpaired) electrons. The number of hydrogen-bond acceptors (Lipinski definition) is 3. The first-order chi connectivity index (χ1) is 6.29. The van der Waals surface area contributed by atoms with Crippen molar-refractivity contribution in [3.05, 3.63) is 11.1 Å². The Morgan fingerprint density at radius 3 is 3.08 bits per heavy atom. The molecule has 0 heterocycles. The van der Waals surface area contributed by atoms with Gasteiger partial charge in [0.15, 0.2) is 0 Å². The molecule has 70 valence electrons. The molecule has 1 unspecified atom stereocenters. The molecule has 1 rings (SSSR count). The van der Waals surface area contributed by atoms with Gasteiger partial charge in [-0.15, -0.1) is 11.6 Å². The van der Waals surface area contributed by atoms with E-state index in [2.05, 4.69) is 4.99 Å². The minimum absolute atomic E-state index is 0.147. The number of aliphatic imine (C=N–C) groups is 1. The van der Waals surface area contributed by atoms with Crippen molar-refractivity contribution in [3.63, 3.8) is 0 Å². The summed E-state index contributed by atoms with van der Waals surface area (Å²) in [5.41, 5.74) is 1.48. The van der Waals surface area contributed by atoms with E-state index in [0.717, 1.165) is 31.1 Å². The van der Waals surface area contributed by atoms with Crippen LogP contribution in [0.5, 0.6) is 0 Å². The summed E-state index contributed by atoms with van der Waals surface area (Å²) >= 11 is 5.99. The smallest absolute Gasteiger partial charge is 0.235 e. The van der Waals surface area contributed by atoms with Crippen LogP contribution in [0, 0.1) is 0 Å². The number of alkyl halides is 1. The van der Waals surface area contributed by atoms with Gasteiger partial charge in [0.2, 0.25) is 6.08 Å². The van der Waals surface area contributed by atoms with Crippen molar-refractivity contribution in [3.8, 4) is 0 Å². The number of allylic oxidation sites excluding steroid dienone is 1. The molecule has 0 saturated heterocycles. The van der Waals surface area contributed by atoms with Crippen LogP contribution in [-0.4, -0.2) is 24.3 Å². The summed E-state index contributed by atoms with van der Waals surface area (Å²) in [7, 11) is 0. The molecule has 13 heavy (non-hydrogen) atoms. The van der Waals surface area contributed by atoms with Crippen LogP contribution in [0.1, 0.15) is 19.3 Å². The van der Waals surface area contributed by atoms with E-state index in [1.54, 1.807) is 0 Å². The standard InChI is InChI=1S/C9H10ClNO2/c10-9-3-1-2-7(5-12)8(9)4-11-6-13/h5,9H,1-4H2. The molecule has 0 saturated carbocycles. The predicted octanol–water partition coefficient (Wildman–Crippen LogP) is 1.61. The van der Waals surface area contributed by atoms with Crippen LogP contribution in [0.25, 0.3) is 0 Å². The summed E-state index contributed by atoms with van der Waals surface area (Å²) < 4.78 is 0. The topological polar surface area (TPSA) is 46.5 Å². The Morgan fingerprint density at radius 2 is 2.46 bits per heavy atom. The zero-order valence-corrected chi connectivity index (χ0v) is 7.88. The molecule has 0 amide bonds. The highest BCUT2D eigenvalue weighted by atomic mass is 35.5. The zero-order chi connectivity index (χ0) is 9.68. The van der Waals surface area contributed by atoms with Crippen molar-refractivity contribution in [1.29, 1.82) is 0 Å². The minimum Gasteiger partial charge on any atom is -0.298 e.